The zero-order chi connectivity index (χ0) is 15.9. The number of para-hydroxylation sites is 1. The standard InChI is InChI=1S/C15H13BrF2N2O2/c16-11-3-1-2-4-13(11)20-15(21)19-7-8-22-14-6-5-10(17)9-12(14)18/h1-6,9H,7-8H2,(H2,19,20,21). The van der Waals surface area contributed by atoms with E-state index >= 15 is 0 Å². The molecule has 0 radical (unpaired) electrons. The summed E-state index contributed by atoms with van der Waals surface area (Å²) in [6, 6.07) is 9.80. The van der Waals surface area contributed by atoms with Gasteiger partial charge in [0.05, 0.1) is 12.2 Å². The first-order chi connectivity index (χ1) is 10.6. The predicted octanol–water partition coefficient (Wildman–Crippen LogP) is 3.93. The second kappa shape index (κ2) is 7.74. The molecule has 0 saturated heterocycles. The van der Waals surface area contributed by atoms with Crippen molar-refractivity contribution in [2.24, 2.45) is 0 Å². The molecule has 0 aliphatic heterocycles. The maximum Gasteiger partial charge on any atom is 0.319 e. The molecule has 0 saturated carbocycles. The van der Waals surface area contributed by atoms with E-state index in [1.165, 1.54) is 6.07 Å². The first-order valence-electron chi connectivity index (χ1n) is 6.43. The minimum absolute atomic E-state index is 0.0607. The molecule has 0 aromatic heterocycles. The van der Waals surface area contributed by atoms with Gasteiger partial charge in [-0.25, -0.2) is 13.6 Å². The maximum absolute atomic E-state index is 13.3. The number of urea groups is 1. The van der Waals surface area contributed by atoms with Crippen LogP contribution in [0.2, 0.25) is 0 Å². The Morgan fingerprint density at radius 1 is 1.18 bits per heavy atom. The Bertz CT molecular complexity index is 668. The molecule has 2 N–H and O–H groups in total. The molecule has 2 aromatic rings. The highest BCUT2D eigenvalue weighted by Crippen LogP contribution is 2.21. The number of hydrogen-bond donors (Lipinski definition) is 2. The summed E-state index contributed by atoms with van der Waals surface area (Å²) in [5.74, 6) is -1.51. The molecule has 2 aromatic carbocycles. The van der Waals surface area contributed by atoms with E-state index < -0.39 is 17.7 Å². The molecule has 0 bridgehead atoms. The summed E-state index contributed by atoms with van der Waals surface area (Å²) in [5.41, 5.74) is 0.630. The summed E-state index contributed by atoms with van der Waals surface area (Å²) in [6.07, 6.45) is 0. The molecule has 0 aliphatic rings. The molecule has 0 unspecified atom stereocenters. The summed E-state index contributed by atoms with van der Waals surface area (Å²) in [6.45, 7) is 0.235. The second-order valence-corrected chi connectivity index (χ2v) is 5.14. The SMILES string of the molecule is O=C(NCCOc1ccc(F)cc1F)Nc1ccccc1Br. The number of amides is 2. The Labute approximate surface area is 134 Å². The molecule has 2 rings (SSSR count). The Morgan fingerprint density at radius 3 is 2.68 bits per heavy atom. The van der Waals surface area contributed by atoms with Crippen LogP contribution in [0.15, 0.2) is 46.9 Å². The van der Waals surface area contributed by atoms with Crippen LogP contribution in [0.5, 0.6) is 5.75 Å². The number of benzene rings is 2. The fraction of sp³-hybridized carbons (Fsp3) is 0.133. The molecule has 7 heteroatoms. The highest BCUT2D eigenvalue weighted by Gasteiger charge is 2.06. The lowest BCUT2D eigenvalue weighted by molar-refractivity contribution is 0.246. The van der Waals surface area contributed by atoms with Gasteiger partial charge in [-0.15, -0.1) is 0 Å². The number of rotatable bonds is 5. The van der Waals surface area contributed by atoms with E-state index in [1.807, 2.05) is 6.07 Å². The first-order valence-corrected chi connectivity index (χ1v) is 7.23. The highest BCUT2D eigenvalue weighted by atomic mass is 79.9. The summed E-state index contributed by atoms with van der Waals surface area (Å²) >= 11 is 3.31. The van der Waals surface area contributed by atoms with Crippen LogP contribution in [0.3, 0.4) is 0 Å². The third kappa shape index (κ3) is 4.70. The van der Waals surface area contributed by atoms with E-state index in [1.54, 1.807) is 18.2 Å². The summed E-state index contributed by atoms with van der Waals surface area (Å²) in [4.78, 5) is 11.7. The number of hydrogen-bond acceptors (Lipinski definition) is 2. The number of anilines is 1. The number of halogens is 3. The zero-order valence-electron chi connectivity index (χ0n) is 11.4. The Balaban J connectivity index is 1.74. The van der Waals surface area contributed by atoms with Gasteiger partial charge in [-0.2, -0.15) is 0 Å². The fourth-order valence-corrected chi connectivity index (χ4v) is 2.03. The van der Waals surface area contributed by atoms with Crippen molar-refractivity contribution in [3.05, 3.63) is 58.6 Å². The minimum atomic E-state index is -0.780. The molecule has 22 heavy (non-hydrogen) atoms. The molecule has 0 atom stereocenters. The monoisotopic (exact) mass is 370 g/mol. The van der Waals surface area contributed by atoms with Crippen LogP contribution in [0.1, 0.15) is 0 Å². The summed E-state index contributed by atoms with van der Waals surface area (Å²) in [5, 5.41) is 5.22. The largest absolute Gasteiger partial charge is 0.489 e. The minimum Gasteiger partial charge on any atom is -0.489 e. The summed E-state index contributed by atoms with van der Waals surface area (Å²) < 4.78 is 31.9. The fourth-order valence-electron chi connectivity index (χ4n) is 1.65. The van der Waals surface area contributed by atoms with E-state index in [-0.39, 0.29) is 18.9 Å². The number of nitrogens with one attached hydrogen (secondary N) is 2. The molecule has 0 heterocycles. The summed E-state index contributed by atoms with van der Waals surface area (Å²) in [7, 11) is 0. The molecular weight excluding hydrogens is 358 g/mol. The third-order valence-corrected chi connectivity index (χ3v) is 3.35. The number of ether oxygens (including phenoxy) is 1. The molecule has 0 aliphatic carbocycles. The van der Waals surface area contributed by atoms with Crippen molar-refractivity contribution in [1.29, 1.82) is 0 Å². The first kappa shape index (κ1) is 16.2. The van der Waals surface area contributed by atoms with Crippen molar-refractivity contribution in [3.63, 3.8) is 0 Å². The van der Waals surface area contributed by atoms with Crippen LogP contribution in [0.4, 0.5) is 19.3 Å². The van der Waals surface area contributed by atoms with Gasteiger partial charge in [0.25, 0.3) is 0 Å². The van der Waals surface area contributed by atoms with Crippen molar-refractivity contribution in [3.8, 4) is 5.75 Å². The lowest BCUT2D eigenvalue weighted by Gasteiger charge is -2.10. The molecule has 4 nitrogen and oxygen atoms in total. The predicted molar refractivity (Wildman–Crippen MR) is 83.0 cm³/mol. The van der Waals surface area contributed by atoms with Crippen LogP contribution < -0.4 is 15.4 Å². The van der Waals surface area contributed by atoms with Crippen molar-refractivity contribution in [2.75, 3.05) is 18.5 Å². The van der Waals surface area contributed by atoms with E-state index in [0.29, 0.717) is 5.69 Å². The van der Waals surface area contributed by atoms with E-state index in [2.05, 4.69) is 26.6 Å². The molecule has 0 spiro atoms. The zero-order valence-corrected chi connectivity index (χ0v) is 13.0. The Hall–Kier alpha value is -2.15. The van der Waals surface area contributed by atoms with E-state index in [4.69, 9.17) is 4.74 Å². The topological polar surface area (TPSA) is 50.4 Å². The van der Waals surface area contributed by atoms with Crippen molar-refractivity contribution in [2.45, 2.75) is 0 Å². The van der Waals surface area contributed by atoms with Gasteiger partial charge in [0.1, 0.15) is 12.4 Å². The van der Waals surface area contributed by atoms with E-state index in [0.717, 1.165) is 16.6 Å². The quantitative estimate of drug-likeness (QED) is 0.783. The molecule has 0 fully saturated rings. The van der Waals surface area contributed by atoms with E-state index in [9.17, 15) is 13.6 Å². The Morgan fingerprint density at radius 2 is 1.95 bits per heavy atom. The van der Waals surface area contributed by atoms with Crippen molar-refractivity contribution in [1.82, 2.24) is 5.32 Å². The van der Waals surface area contributed by atoms with Gasteiger partial charge in [0.2, 0.25) is 0 Å². The molecule has 116 valence electrons. The lowest BCUT2D eigenvalue weighted by Crippen LogP contribution is -2.32. The Kier molecular flexibility index (Phi) is 5.71. The third-order valence-electron chi connectivity index (χ3n) is 2.66. The van der Waals surface area contributed by atoms with Crippen molar-refractivity contribution >= 4 is 27.6 Å². The average Bonchev–Trinajstić information content (AvgIpc) is 2.48. The van der Waals surface area contributed by atoms with Gasteiger partial charge < -0.3 is 15.4 Å². The van der Waals surface area contributed by atoms with Crippen LogP contribution in [0, 0.1) is 11.6 Å². The van der Waals surface area contributed by atoms with Crippen LogP contribution in [-0.2, 0) is 0 Å². The maximum atomic E-state index is 13.3. The van der Waals surface area contributed by atoms with Crippen LogP contribution in [0.25, 0.3) is 0 Å². The number of carbonyl (C=O) groups excluding carboxylic acids is 1. The second-order valence-electron chi connectivity index (χ2n) is 4.28. The smallest absolute Gasteiger partial charge is 0.319 e. The van der Waals surface area contributed by atoms with Crippen molar-refractivity contribution < 1.29 is 18.3 Å². The van der Waals surface area contributed by atoms with Crippen LogP contribution in [-0.4, -0.2) is 19.2 Å². The van der Waals surface area contributed by atoms with Gasteiger partial charge in [-0.1, -0.05) is 12.1 Å². The number of carbonyl (C=O) groups is 1. The highest BCUT2D eigenvalue weighted by molar-refractivity contribution is 9.10. The average molecular weight is 371 g/mol. The molecular formula is C15H13BrF2N2O2. The van der Waals surface area contributed by atoms with Gasteiger partial charge in [0.15, 0.2) is 11.6 Å². The van der Waals surface area contributed by atoms with Gasteiger partial charge in [-0.3, -0.25) is 0 Å². The lowest BCUT2D eigenvalue weighted by atomic mass is 10.3. The van der Waals surface area contributed by atoms with Crippen LogP contribution >= 0.6 is 15.9 Å². The van der Waals surface area contributed by atoms with Gasteiger partial charge >= 0.3 is 6.03 Å². The normalized spacial score (nSPS) is 10.1. The van der Waals surface area contributed by atoms with Gasteiger partial charge in [0, 0.05) is 10.5 Å². The van der Waals surface area contributed by atoms with Gasteiger partial charge in [-0.05, 0) is 40.2 Å². The molecule has 2 amide bonds.